The van der Waals surface area contributed by atoms with Gasteiger partial charge in [0.25, 0.3) is 0 Å². The molecule has 22 heavy (non-hydrogen) atoms. The van der Waals surface area contributed by atoms with Crippen LogP contribution in [0.25, 0.3) is 0 Å². The van der Waals surface area contributed by atoms with Crippen LogP contribution in [0.3, 0.4) is 0 Å². The topological polar surface area (TPSA) is 64.4 Å². The standard InChI is InChI=1S/C17H26N2O2.ClH/c18-16(13-14-7-2-1-3-8-14)17(20)19-11-6-12-21-15-9-4-5-10-15;/h1-3,7-8,15-16H,4-6,9-13,18H2,(H,19,20);1H/t16-;/m0./s1. The molecule has 0 bridgehead atoms. The molecule has 0 heterocycles. The van der Waals surface area contributed by atoms with Crippen molar-refractivity contribution in [2.24, 2.45) is 5.73 Å². The number of rotatable bonds is 8. The van der Waals surface area contributed by atoms with Gasteiger partial charge in [-0.15, -0.1) is 12.4 Å². The van der Waals surface area contributed by atoms with E-state index in [2.05, 4.69) is 5.32 Å². The highest BCUT2D eigenvalue weighted by atomic mass is 35.5. The summed E-state index contributed by atoms with van der Waals surface area (Å²) in [5, 5.41) is 2.88. The van der Waals surface area contributed by atoms with E-state index in [4.69, 9.17) is 10.5 Å². The van der Waals surface area contributed by atoms with Gasteiger partial charge >= 0.3 is 0 Å². The summed E-state index contributed by atoms with van der Waals surface area (Å²) in [4.78, 5) is 11.9. The molecule has 4 nitrogen and oxygen atoms in total. The van der Waals surface area contributed by atoms with Gasteiger partial charge in [-0.25, -0.2) is 0 Å². The molecule has 1 atom stereocenters. The number of hydrogen-bond acceptors (Lipinski definition) is 3. The maximum Gasteiger partial charge on any atom is 0.237 e. The third kappa shape index (κ3) is 6.77. The molecule has 5 heteroatoms. The van der Waals surface area contributed by atoms with E-state index >= 15 is 0 Å². The fourth-order valence-electron chi connectivity index (χ4n) is 2.68. The molecule has 124 valence electrons. The van der Waals surface area contributed by atoms with Gasteiger partial charge in [0, 0.05) is 13.2 Å². The van der Waals surface area contributed by atoms with Crippen molar-refractivity contribution in [2.45, 2.75) is 50.7 Å². The molecule has 0 aliphatic heterocycles. The van der Waals surface area contributed by atoms with Crippen LogP contribution in [-0.2, 0) is 16.0 Å². The summed E-state index contributed by atoms with van der Waals surface area (Å²) in [6, 6.07) is 9.37. The summed E-state index contributed by atoms with van der Waals surface area (Å²) in [6.45, 7) is 1.35. The minimum atomic E-state index is -0.483. The molecular formula is C17H27ClN2O2. The van der Waals surface area contributed by atoms with Crippen molar-refractivity contribution < 1.29 is 9.53 Å². The molecule has 0 unspecified atom stereocenters. The second kappa shape index (κ2) is 10.6. The summed E-state index contributed by atoms with van der Waals surface area (Å²) in [7, 11) is 0. The van der Waals surface area contributed by atoms with E-state index in [-0.39, 0.29) is 18.3 Å². The van der Waals surface area contributed by atoms with Gasteiger partial charge in [-0.3, -0.25) is 4.79 Å². The van der Waals surface area contributed by atoms with Crippen molar-refractivity contribution in [1.29, 1.82) is 0 Å². The average Bonchev–Trinajstić information content (AvgIpc) is 3.01. The Labute approximate surface area is 139 Å². The van der Waals surface area contributed by atoms with Gasteiger partial charge in [-0.1, -0.05) is 43.2 Å². The number of ether oxygens (including phenoxy) is 1. The van der Waals surface area contributed by atoms with Gasteiger partial charge in [0.1, 0.15) is 0 Å². The molecule has 0 radical (unpaired) electrons. The fourth-order valence-corrected chi connectivity index (χ4v) is 2.68. The predicted octanol–water partition coefficient (Wildman–Crippen LogP) is 2.44. The third-order valence-electron chi connectivity index (χ3n) is 3.91. The molecule has 0 spiro atoms. The molecule has 1 aromatic rings. The maximum absolute atomic E-state index is 11.9. The lowest BCUT2D eigenvalue weighted by Crippen LogP contribution is -2.42. The lowest BCUT2D eigenvalue weighted by Gasteiger charge is -2.13. The molecule has 1 aromatic carbocycles. The second-order valence-corrected chi connectivity index (χ2v) is 5.72. The first-order valence-electron chi connectivity index (χ1n) is 7.94. The van der Waals surface area contributed by atoms with Crippen molar-refractivity contribution in [2.75, 3.05) is 13.2 Å². The number of hydrogen-bond donors (Lipinski definition) is 2. The molecule has 0 aromatic heterocycles. The van der Waals surface area contributed by atoms with Gasteiger partial charge in [0.2, 0.25) is 5.91 Å². The number of carbonyl (C=O) groups is 1. The van der Waals surface area contributed by atoms with Gasteiger partial charge in [-0.05, 0) is 31.2 Å². The predicted molar refractivity (Wildman–Crippen MR) is 91.2 cm³/mol. The zero-order chi connectivity index (χ0) is 14.9. The van der Waals surface area contributed by atoms with Crippen LogP contribution in [0.4, 0.5) is 0 Å². The maximum atomic E-state index is 11.9. The van der Waals surface area contributed by atoms with E-state index < -0.39 is 6.04 Å². The fraction of sp³-hybridized carbons (Fsp3) is 0.588. The van der Waals surface area contributed by atoms with Crippen LogP contribution < -0.4 is 11.1 Å². The monoisotopic (exact) mass is 326 g/mol. The van der Waals surface area contributed by atoms with E-state index in [0.29, 0.717) is 19.1 Å². The first kappa shape index (κ1) is 18.9. The molecule has 2 rings (SSSR count). The molecular weight excluding hydrogens is 300 g/mol. The van der Waals surface area contributed by atoms with Crippen molar-refractivity contribution in [3.63, 3.8) is 0 Å². The highest BCUT2D eigenvalue weighted by Gasteiger charge is 2.15. The molecule has 1 fully saturated rings. The Kier molecular flexibility index (Phi) is 9.13. The minimum absolute atomic E-state index is 0. The number of carbonyl (C=O) groups excluding carboxylic acids is 1. The summed E-state index contributed by atoms with van der Waals surface area (Å²) in [5.41, 5.74) is 7.01. The van der Waals surface area contributed by atoms with Gasteiger partial charge < -0.3 is 15.8 Å². The summed E-state index contributed by atoms with van der Waals surface area (Å²) in [5.74, 6) is -0.0836. The number of benzene rings is 1. The Morgan fingerprint density at radius 2 is 1.95 bits per heavy atom. The van der Waals surface area contributed by atoms with Crippen LogP contribution in [0.15, 0.2) is 30.3 Å². The van der Waals surface area contributed by atoms with Crippen LogP contribution in [0.5, 0.6) is 0 Å². The quantitative estimate of drug-likeness (QED) is 0.721. The lowest BCUT2D eigenvalue weighted by atomic mass is 10.1. The third-order valence-corrected chi connectivity index (χ3v) is 3.91. The van der Waals surface area contributed by atoms with Gasteiger partial charge in [0.15, 0.2) is 0 Å². The smallest absolute Gasteiger partial charge is 0.237 e. The number of halogens is 1. The van der Waals surface area contributed by atoms with Crippen molar-refractivity contribution in [3.8, 4) is 0 Å². The molecule has 1 saturated carbocycles. The zero-order valence-corrected chi connectivity index (χ0v) is 13.8. The molecule has 1 amide bonds. The first-order valence-corrected chi connectivity index (χ1v) is 7.94. The van der Waals surface area contributed by atoms with Crippen LogP contribution in [0.1, 0.15) is 37.7 Å². The molecule has 0 saturated heterocycles. The summed E-state index contributed by atoms with van der Waals surface area (Å²) in [6.07, 6.45) is 6.82. The minimum Gasteiger partial charge on any atom is -0.378 e. The van der Waals surface area contributed by atoms with Crippen LogP contribution in [-0.4, -0.2) is 31.2 Å². The number of amides is 1. The summed E-state index contributed by atoms with van der Waals surface area (Å²) < 4.78 is 5.76. The summed E-state index contributed by atoms with van der Waals surface area (Å²) >= 11 is 0. The first-order chi connectivity index (χ1) is 10.3. The zero-order valence-electron chi connectivity index (χ0n) is 13.0. The highest BCUT2D eigenvalue weighted by Crippen LogP contribution is 2.20. The number of nitrogens with one attached hydrogen (secondary N) is 1. The van der Waals surface area contributed by atoms with Crippen LogP contribution in [0.2, 0.25) is 0 Å². The molecule has 1 aliphatic carbocycles. The van der Waals surface area contributed by atoms with Crippen molar-refractivity contribution >= 4 is 18.3 Å². The van der Waals surface area contributed by atoms with E-state index in [1.165, 1.54) is 25.7 Å². The van der Waals surface area contributed by atoms with E-state index in [1.807, 2.05) is 30.3 Å². The Balaban J connectivity index is 0.00000242. The Hall–Kier alpha value is -1.10. The Morgan fingerprint density at radius 1 is 1.27 bits per heavy atom. The SMILES string of the molecule is Cl.N[C@@H](Cc1ccccc1)C(=O)NCCCOC1CCCC1. The normalized spacial score (nSPS) is 16.0. The largest absolute Gasteiger partial charge is 0.378 e. The van der Waals surface area contributed by atoms with Crippen LogP contribution in [0, 0.1) is 0 Å². The van der Waals surface area contributed by atoms with Gasteiger partial charge in [-0.2, -0.15) is 0 Å². The van der Waals surface area contributed by atoms with E-state index in [9.17, 15) is 4.79 Å². The lowest BCUT2D eigenvalue weighted by molar-refractivity contribution is -0.122. The number of nitrogens with two attached hydrogens (primary N) is 1. The van der Waals surface area contributed by atoms with E-state index in [1.54, 1.807) is 0 Å². The Bertz CT molecular complexity index is 422. The average molecular weight is 327 g/mol. The van der Waals surface area contributed by atoms with Crippen LogP contribution >= 0.6 is 12.4 Å². The van der Waals surface area contributed by atoms with Crippen molar-refractivity contribution in [1.82, 2.24) is 5.32 Å². The highest BCUT2D eigenvalue weighted by molar-refractivity contribution is 5.85. The van der Waals surface area contributed by atoms with Gasteiger partial charge in [0.05, 0.1) is 12.1 Å². The second-order valence-electron chi connectivity index (χ2n) is 5.72. The Morgan fingerprint density at radius 3 is 2.64 bits per heavy atom. The van der Waals surface area contributed by atoms with E-state index in [0.717, 1.165) is 18.6 Å². The molecule has 1 aliphatic rings. The van der Waals surface area contributed by atoms with Crippen molar-refractivity contribution in [3.05, 3.63) is 35.9 Å². The molecule has 3 N–H and O–H groups in total.